The van der Waals surface area contributed by atoms with E-state index in [1.807, 2.05) is 0 Å². The van der Waals surface area contributed by atoms with Gasteiger partial charge in [-0.2, -0.15) is 11.8 Å². The fourth-order valence-corrected chi connectivity index (χ4v) is 3.34. The molecule has 0 aromatic carbocycles. The van der Waals surface area contributed by atoms with Gasteiger partial charge in [0.2, 0.25) is 0 Å². The van der Waals surface area contributed by atoms with Crippen LogP contribution in [0, 0.1) is 0 Å². The molecular formula is C15H28O2S. The van der Waals surface area contributed by atoms with Crippen LogP contribution in [0.4, 0.5) is 0 Å². The average molecular weight is 272 g/mol. The molecule has 106 valence electrons. The van der Waals surface area contributed by atoms with Gasteiger partial charge in [0.1, 0.15) is 6.29 Å². The number of aldehydes is 1. The molecule has 0 aromatic heterocycles. The molecule has 1 aliphatic carbocycles. The number of hydrogen-bond acceptors (Lipinski definition) is 3. The normalized spacial score (nSPS) is 18.7. The van der Waals surface area contributed by atoms with Gasteiger partial charge in [-0.25, -0.2) is 0 Å². The summed E-state index contributed by atoms with van der Waals surface area (Å²) < 4.78 is 5.88. The maximum absolute atomic E-state index is 10.9. The molecule has 18 heavy (non-hydrogen) atoms. The van der Waals surface area contributed by atoms with Crippen molar-refractivity contribution in [1.29, 1.82) is 0 Å². The van der Waals surface area contributed by atoms with Gasteiger partial charge >= 0.3 is 0 Å². The average Bonchev–Trinajstić information content (AvgIpc) is 2.43. The highest BCUT2D eigenvalue weighted by molar-refractivity contribution is 8.00. The van der Waals surface area contributed by atoms with E-state index in [1.54, 1.807) is 11.8 Å². The zero-order chi connectivity index (χ0) is 13.1. The quantitative estimate of drug-likeness (QED) is 0.440. The van der Waals surface area contributed by atoms with Crippen molar-refractivity contribution in [3.8, 4) is 0 Å². The van der Waals surface area contributed by atoms with Crippen molar-refractivity contribution in [3.63, 3.8) is 0 Å². The Bertz CT molecular complexity index is 203. The Morgan fingerprint density at radius 3 is 2.72 bits per heavy atom. The summed E-state index contributed by atoms with van der Waals surface area (Å²) in [5, 5.41) is 0.208. The highest BCUT2D eigenvalue weighted by Crippen LogP contribution is 2.21. The molecule has 0 aromatic rings. The van der Waals surface area contributed by atoms with Gasteiger partial charge in [0, 0.05) is 6.61 Å². The molecule has 0 heterocycles. The summed E-state index contributed by atoms with van der Waals surface area (Å²) >= 11 is 1.80. The molecule has 0 radical (unpaired) electrons. The standard InChI is InChI=1S/C15H28O2S/c1-2-12-18-15(13-16)10-6-7-11-17-14-8-4-3-5-9-14/h13-15H,2-12H2,1H3. The number of rotatable bonds is 10. The van der Waals surface area contributed by atoms with Crippen LogP contribution in [0.3, 0.4) is 0 Å². The summed E-state index contributed by atoms with van der Waals surface area (Å²) in [4.78, 5) is 10.9. The summed E-state index contributed by atoms with van der Waals surface area (Å²) in [6.07, 6.45) is 12.6. The first-order valence-corrected chi connectivity index (χ1v) is 8.60. The molecule has 1 saturated carbocycles. The van der Waals surface area contributed by atoms with E-state index < -0.39 is 0 Å². The van der Waals surface area contributed by atoms with Crippen molar-refractivity contribution in [3.05, 3.63) is 0 Å². The lowest BCUT2D eigenvalue weighted by molar-refractivity contribution is -0.107. The third kappa shape index (κ3) is 7.42. The second-order valence-electron chi connectivity index (χ2n) is 5.17. The summed E-state index contributed by atoms with van der Waals surface area (Å²) in [5.41, 5.74) is 0. The van der Waals surface area contributed by atoms with Gasteiger partial charge in [-0.15, -0.1) is 0 Å². The first-order chi connectivity index (χ1) is 8.86. The molecule has 3 heteroatoms. The molecule has 1 unspecified atom stereocenters. The largest absolute Gasteiger partial charge is 0.378 e. The van der Waals surface area contributed by atoms with Gasteiger partial charge in [0.25, 0.3) is 0 Å². The molecule has 0 bridgehead atoms. The van der Waals surface area contributed by atoms with Crippen LogP contribution in [0.25, 0.3) is 0 Å². The highest BCUT2D eigenvalue weighted by atomic mass is 32.2. The third-order valence-corrected chi connectivity index (χ3v) is 4.90. The summed E-state index contributed by atoms with van der Waals surface area (Å²) in [6, 6.07) is 0. The molecule has 0 amide bonds. The number of unbranched alkanes of at least 4 members (excludes halogenated alkanes) is 1. The van der Waals surface area contributed by atoms with E-state index in [-0.39, 0.29) is 5.25 Å². The van der Waals surface area contributed by atoms with E-state index in [4.69, 9.17) is 4.74 Å². The van der Waals surface area contributed by atoms with E-state index in [1.165, 1.54) is 32.1 Å². The van der Waals surface area contributed by atoms with Gasteiger partial charge in [-0.3, -0.25) is 0 Å². The maximum atomic E-state index is 10.9. The highest BCUT2D eigenvalue weighted by Gasteiger charge is 2.13. The van der Waals surface area contributed by atoms with Crippen LogP contribution < -0.4 is 0 Å². The van der Waals surface area contributed by atoms with Gasteiger partial charge < -0.3 is 9.53 Å². The molecule has 1 rings (SSSR count). The molecule has 0 spiro atoms. The lowest BCUT2D eigenvalue weighted by Gasteiger charge is -2.22. The fourth-order valence-electron chi connectivity index (χ4n) is 2.39. The zero-order valence-corrected chi connectivity index (χ0v) is 12.6. The number of thioether (sulfide) groups is 1. The minimum Gasteiger partial charge on any atom is -0.378 e. The van der Waals surface area contributed by atoms with Crippen LogP contribution >= 0.6 is 11.8 Å². The molecule has 0 N–H and O–H groups in total. The first-order valence-electron chi connectivity index (χ1n) is 7.55. The number of hydrogen-bond donors (Lipinski definition) is 0. The van der Waals surface area contributed by atoms with Crippen molar-refractivity contribution in [1.82, 2.24) is 0 Å². The Morgan fingerprint density at radius 2 is 2.06 bits per heavy atom. The van der Waals surface area contributed by atoms with E-state index in [0.717, 1.165) is 44.3 Å². The fraction of sp³-hybridized carbons (Fsp3) is 0.933. The van der Waals surface area contributed by atoms with Crippen LogP contribution in [0.15, 0.2) is 0 Å². The van der Waals surface area contributed by atoms with Crippen LogP contribution in [0.1, 0.15) is 64.7 Å². The monoisotopic (exact) mass is 272 g/mol. The summed E-state index contributed by atoms with van der Waals surface area (Å²) in [7, 11) is 0. The Kier molecular flexibility index (Phi) is 9.68. The molecule has 1 aliphatic rings. The SMILES string of the molecule is CCCSC(C=O)CCCCOC1CCCCC1. The van der Waals surface area contributed by atoms with Crippen molar-refractivity contribution in [2.45, 2.75) is 76.1 Å². The second kappa shape index (κ2) is 10.9. The Hall–Kier alpha value is -0.0200. The minimum absolute atomic E-state index is 0.208. The molecular weight excluding hydrogens is 244 g/mol. The van der Waals surface area contributed by atoms with Crippen LogP contribution in [0.5, 0.6) is 0 Å². The van der Waals surface area contributed by atoms with Gasteiger partial charge in [0.15, 0.2) is 0 Å². The van der Waals surface area contributed by atoms with Crippen molar-refractivity contribution < 1.29 is 9.53 Å². The van der Waals surface area contributed by atoms with E-state index >= 15 is 0 Å². The number of ether oxygens (including phenoxy) is 1. The Labute approximate surface area is 116 Å². The molecule has 1 fully saturated rings. The van der Waals surface area contributed by atoms with Crippen molar-refractivity contribution in [2.75, 3.05) is 12.4 Å². The van der Waals surface area contributed by atoms with E-state index in [9.17, 15) is 4.79 Å². The summed E-state index contributed by atoms with van der Waals surface area (Å²) in [5.74, 6) is 1.10. The minimum atomic E-state index is 0.208. The van der Waals surface area contributed by atoms with Crippen LogP contribution in [-0.4, -0.2) is 30.0 Å². The van der Waals surface area contributed by atoms with Crippen LogP contribution in [-0.2, 0) is 9.53 Å². The Balaban J connectivity index is 1.94. The number of carbonyl (C=O) groups is 1. The molecule has 0 aliphatic heterocycles. The van der Waals surface area contributed by atoms with E-state index in [0.29, 0.717) is 6.10 Å². The second-order valence-corrected chi connectivity index (χ2v) is 6.52. The maximum Gasteiger partial charge on any atom is 0.132 e. The Morgan fingerprint density at radius 1 is 1.28 bits per heavy atom. The van der Waals surface area contributed by atoms with Gasteiger partial charge in [0.05, 0.1) is 11.4 Å². The van der Waals surface area contributed by atoms with Gasteiger partial charge in [-0.05, 0) is 44.3 Å². The van der Waals surface area contributed by atoms with Crippen LogP contribution in [0.2, 0.25) is 0 Å². The first kappa shape index (κ1) is 16.0. The molecule has 2 nitrogen and oxygen atoms in total. The van der Waals surface area contributed by atoms with Crippen molar-refractivity contribution in [2.24, 2.45) is 0 Å². The smallest absolute Gasteiger partial charge is 0.132 e. The third-order valence-electron chi connectivity index (χ3n) is 3.48. The topological polar surface area (TPSA) is 26.3 Å². The predicted molar refractivity (Wildman–Crippen MR) is 79.3 cm³/mol. The van der Waals surface area contributed by atoms with E-state index in [2.05, 4.69) is 6.92 Å². The lowest BCUT2D eigenvalue weighted by Crippen LogP contribution is -2.17. The van der Waals surface area contributed by atoms with Crippen molar-refractivity contribution >= 4 is 18.0 Å². The molecule has 1 atom stereocenters. The summed E-state index contributed by atoms with van der Waals surface area (Å²) in [6.45, 7) is 3.04. The number of carbonyl (C=O) groups excluding carboxylic acids is 1. The molecule has 0 saturated heterocycles. The van der Waals surface area contributed by atoms with Gasteiger partial charge in [-0.1, -0.05) is 26.2 Å². The lowest BCUT2D eigenvalue weighted by atomic mass is 9.98. The predicted octanol–water partition coefficient (Wildman–Crippen LogP) is 4.22. The zero-order valence-electron chi connectivity index (χ0n) is 11.7.